The molecule has 5 aromatic carbocycles. The minimum atomic E-state index is 0.915. The maximum absolute atomic E-state index is 5.22. The molecule has 0 N–H and O–H groups in total. The Kier molecular flexibility index (Phi) is 8.66. The second-order valence-electron chi connectivity index (χ2n) is 7.79. The summed E-state index contributed by atoms with van der Waals surface area (Å²) in [5, 5.41) is 5.15. The van der Waals surface area contributed by atoms with E-state index in [1.807, 2.05) is 18.2 Å². The number of rotatable bonds is 3. The first kappa shape index (κ1) is 23.9. The molecule has 0 amide bonds. The first-order valence-corrected chi connectivity index (χ1v) is 12.5. The molecule has 0 unspecified atom stereocenters. The van der Waals surface area contributed by atoms with Gasteiger partial charge in [0.1, 0.15) is 0 Å². The number of methoxy groups -OCH3 is 1. The standard InChI is InChI=1S/C14H11O.C13H10.C5H5.Zr/c1-15-12-6-7-14-11(9-12)8-10-4-2-3-5-13(10)14;1-3-7-12(8-4-1)11-13-9-5-2-6-10-13;1-2-4-5-3-1;/h2-9H,1H3;1-10H;1-3H,4H2;/q-1;;-1;+2. The van der Waals surface area contributed by atoms with Gasteiger partial charge in [0.05, 0.1) is 12.9 Å². The van der Waals surface area contributed by atoms with E-state index in [-0.39, 0.29) is 0 Å². The molecular weight excluding hydrogens is 492 g/mol. The van der Waals surface area contributed by atoms with Gasteiger partial charge in [-0.25, -0.2) is 12.2 Å². The number of benzene rings is 4. The Balaban J connectivity index is 0.000000134. The summed E-state index contributed by atoms with van der Waals surface area (Å²) in [4.78, 5) is 0. The molecule has 0 atom stereocenters. The van der Waals surface area contributed by atoms with Gasteiger partial charge in [0.15, 0.2) is 0 Å². The van der Waals surface area contributed by atoms with Crippen LogP contribution >= 0.6 is 0 Å². The molecule has 0 heterocycles. The Hall–Kier alpha value is -3.22. The molecule has 2 heteroatoms. The Morgan fingerprint density at radius 3 is 1.94 bits per heavy atom. The number of fused-ring (bicyclic) bond motifs is 3. The van der Waals surface area contributed by atoms with Crippen LogP contribution in [-0.2, 0) is 24.2 Å². The summed E-state index contributed by atoms with van der Waals surface area (Å²) in [6, 6.07) is 38.0. The molecule has 0 bridgehead atoms. The van der Waals surface area contributed by atoms with Crippen molar-refractivity contribution in [1.29, 1.82) is 0 Å². The van der Waals surface area contributed by atoms with E-state index in [9.17, 15) is 0 Å². The molecule has 164 valence electrons. The van der Waals surface area contributed by atoms with Crippen LogP contribution in [0.15, 0.2) is 127 Å². The molecule has 34 heavy (non-hydrogen) atoms. The first-order valence-electron chi connectivity index (χ1n) is 11.3. The molecule has 0 aliphatic heterocycles. The van der Waals surface area contributed by atoms with Gasteiger partial charge in [-0.3, -0.25) is 6.08 Å². The molecule has 6 rings (SSSR count). The van der Waals surface area contributed by atoms with Crippen molar-refractivity contribution in [2.75, 3.05) is 7.11 Å². The van der Waals surface area contributed by atoms with E-state index in [2.05, 4.69) is 115 Å². The van der Waals surface area contributed by atoms with E-state index < -0.39 is 0 Å². The summed E-state index contributed by atoms with van der Waals surface area (Å²) >= 11 is 1.46. The van der Waals surface area contributed by atoms with E-state index in [0.717, 1.165) is 12.2 Å². The summed E-state index contributed by atoms with van der Waals surface area (Å²) in [6.07, 6.45) is 10.0. The van der Waals surface area contributed by atoms with E-state index in [1.165, 1.54) is 60.1 Å². The Morgan fingerprint density at radius 1 is 0.765 bits per heavy atom. The van der Waals surface area contributed by atoms with Crippen LogP contribution in [0.4, 0.5) is 0 Å². The summed E-state index contributed by atoms with van der Waals surface area (Å²) in [5.74, 6) is 0.915. The average molecular weight is 518 g/mol. The third-order valence-electron chi connectivity index (χ3n) is 5.53. The molecular formula is C32H26OZr. The number of hydrogen-bond donors (Lipinski definition) is 0. The van der Waals surface area contributed by atoms with Gasteiger partial charge in [-0.15, -0.1) is 40.1 Å². The Bertz CT molecular complexity index is 1360. The van der Waals surface area contributed by atoms with Crippen LogP contribution in [0.5, 0.6) is 5.75 Å². The summed E-state index contributed by atoms with van der Waals surface area (Å²) < 4.78 is 6.63. The molecule has 1 aliphatic carbocycles. The number of allylic oxidation sites excluding steroid dienone is 4. The van der Waals surface area contributed by atoms with Crippen molar-refractivity contribution in [2.24, 2.45) is 0 Å². The fourth-order valence-corrected chi connectivity index (χ4v) is 4.60. The normalized spacial score (nSPS) is 11.5. The fourth-order valence-electron chi connectivity index (χ4n) is 3.78. The van der Waals surface area contributed by atoms with Gasteiger partial charge in [0, 0.05) is 0 Å². The van der Waals surface area contributed by atoms with Crippen molar-refractivity contribution >= 4 is 24.8 Å². The third kappa shape index (κ3) is 6.22. The SMILES string of the molecule is COc1ccc2c(c1)[cH-]c1ccccc12.[C-]1=CC=CC1.[Zr+2]=[C](c1ccccc1)c1ccccc1. The van der Waals surface area contributed by atoms with E-state index in [1.54, 1.807) is 7.11 Å². The van der Waals surface area contributed by atoms with Crippen LogP contribution in [0, 0.1) is 6.08 Å². The van der Waals surface area contributed by atoms with E-state index in [4.69, 9.17) is 4.74 Å². The quantitative estimate of drug-likeness (QED) is 0.222. The summed E-state index contributed by atoms with van der Waals surface area (Å²) in [6.45, 7) is 0. The van der Waals surface area contributed by atoms with Gasteiger partial charge in [-0.05, 0) is 6.07 Å². The second-order valence-corrected chi connectivity index (χ2v) is 9.02. The zero-order chi connectivity index (χ0) is 23.6. The predicted molar refractivity (Wildman–Crippen MR) is 141 cm³/mol. The minimum absolute atomic E-state index is 0.915. The molecule has 0 spiro atoms. The predicted octanol–water partition coefficient (Wildman–Crippen LogP) is 7.83. The molecule has 0 saturated carbocycles. The maximum atomic E-state index is 5.22. The Labute approximate surface area is 216 Å². The molecule has 0 aromatic heterocycles. The van der Waals surface area contributed by atoms with E-state index in [0.29, 0.717) is 0 Å². The van der Waals surface area contributed by atoms with Crippen molar-refractivity contribution in [3.8, 4) is 5.75 Å². The first-order chi connectivity index (χ1) is 16.8. The monoisotopic (exact) mass is 516 g/mol. The van der Waals surface area contributed by atoms with Gasteiger partial charge in [-0.1, -0.05) is 30.3 Å². The van der Waals surface area contributed by atoms with Crippen molar-refractivity contribution in [1.82, 2.24) is 0 Å². The van der Waals surface area contributed by atoms with Crippen LogP contribution in [-0.4, -0.2) is 10.3 Å². The number of ether oxygens (including phenoxy) is 1. The van der Waals surface area contributed by atoms with Crippen molar-refractivity contribution in [2.45, 2.75) is 6.42 Å². The molecule has 0 saturated heterocycles. The third-order valence-corrected chi connectivity index (χ3v) is 6.95. The molecule has 1 aliphatic rings. The molecule has 1 nitrogen and oxygen atoms in total. The van der Waals surface area contributed by atoms with Crippen LogP contribution in [0.25, 0.3) is 21.5 Å². The van der Waals surface area contributed by atoms with Gasteiger partial charge in [-0.2, -0.15) is 6.08 Å². The Morgan fingerprint density at radius 2 is 1.38 bits per heavy atom. The summed E-state index contributed by atoms with van der Waals surface area (Å²) in [7, 11) is 1.70. The van der Waals surface area contributed by atoms with Gasteiger partial charge < -0.3 is 4.74 Å². The van der Waals surface area contributed by atoms with E-state index >= 15 is 0 Å². The van der Waals surface area contributed by atoms with Crippen LogP contribution in [0.1, 0.15) is 17.5 Å². The van der Waals surface area contributed by atoms with Crippen molar-refractivity contribution in [3.05, 3.63) is 145 Å². The van der Waals surface area contributed by atoms with Crippen LogP contribution in [0.3, 0.4) is 0 Å². The zero-order valence-corrected chi connectivity index (χ0v) is 21.7. The van der Waals surface area contributed by atoms with Gasteiger partial charge in [0.25, 0.3) is 0 Å². The van der Waals surface area contributed by atoms with Gasteiger partial charge in [0.2, 0.25) is 0 Å². The molecule has 5 aromatic rings. The van der Waals surface area contributed by atoms with Crippen LogP contribution in [0.2, 0.25) is 0 Å². The zero-order valence-electron chi connectivity index (χ0n) is 19.2. The summed E-state index contributed by atoms with van der Waals surface area (Å²) in [5.41, 5.74) is 2.66. The molecule has 0 radical (unpaired) electrons. The van der Waals surface area contributed by atoms with Crippen molar-refractivity contribution in [3.63, 3.8) is 0 Å². The number of hydrogen-bond acceptors (Lipinski definition) is 1. The molecule has 0 fully saturated rings. The second kappa shape index (κ2) is 12.3. The van der Waals surface area contributed by atoms with Crippen molar-refractivity contribution < 1.29 is 29.0 Å². The van der Waals surface area contributed by atoms with Crippen LogP contribution < -0.4 is 4.74 Å². The topological polar surface area (TPSA) is 9.23 Å². The average Bonchev–Trinajstić information content (AvgIpc) is 3.61. The van der Waals surface area contributed by atoms with Gasteiger partial charge >= 0.3 is 99.2 Å². The fraction of sp³-hybridized carbons (Fsp3) is 0.0625.